The summed E-state index contributed by atoms with van der Waals surface area (Å²) in [7, 11) is 1.30. The molecule has 0 radical (unpaired) electrons. The molecule has 1 saturated heterocycles. The predicted molar refractivity (Wildman–Crippen MR) is 65.7 cm³/mol. The molecule has 1 aromatic rings. The van der Waals surface area contributed by atoms with Crippen molar-refractivity contribution in [2.45, 2.75) is 18.9 Å². The van der Waals surface area contributed by atoms with E-state index in [2.05, 4.69) is 9.72 Å². The highest BCUT2D eigenvalue weighted by molar-refractivity contribution is 5.96. The molecule has 0 N–H and O–H groups in total. The highest BCUT2D eigenvalue weighted by atomic mass is 16.5. The number of hydrogen-bond acceptors (Lipinski definition) is 5. The van der Waals surface area contributed by atoms with Crippen molar-refractivity contribution in [3.63, 3.8) is 0 Å². The zero-order valence-electron chi connectivity index (χ0n) is 10.5. The fourth-order valence-electron chi connectivity index (χ4n) is 2.17. The summed E-state index contributed by atoms with van der Waals surface area (Å²) in [6, 6.07) is 4.08. The lowest BCUT2D eigenvalue weighted by atomic mass is 10.2. The number of rotatable bonds is 3. The van der Waals surface area contributed by atoms with Gasteiger partial charge in [-0.3, -0.25) is 9.59 Å². The van der Waals surface area contributed by atoms with Crippen LogP contribution < -0.4 is 0 Å². The Morgan fingerprint density at radius 3 is 2.95 bits per heavy atom. The number of methoxy groups -OCH3 is 1. The van der Waals surface area contributed by atoms with Gasteiger partial charge in [0, 0.05) is 6.54 Å². The van der Waals surface area contributed by atoms with Crippen LogP contribution in [0.3, 0.4) is 0 Å². The maximum absolute atomic E-state index is 12.3. The molecule has 1 amide bonds. The summed E-state index contributed by atoms with van der Waals surface area (Å²) in [5, 5.41) is 0. The van der Waals surface area contributed by atoms with Gasteiger partial charge in [-0.2, -0.15) is 0 Å². The normalized spacial score (nSPS) is 18.2. The molecule has 1 unspecified atom stereocenters. The Kier molecular flexibility index (Phi) is 3.89. The molecule has 100 valence electrons. The number of ether oxygens (including phenoxy) is 1. The van der Waals surface area contributed by atoms with Crippen molar-refractivity contribution >= 4 is 18.2 Å². The SMILES string of the molecule is COC(=O)C1CCCN1C(=O)c1cccc(C=O)n1. The third kappa shape index (κ3) is 2.62. The Morgan fingerprint density at radius 2 is 2.26 bits per heavy atom. The fraction of sp³-hybridized carbons (Fsp3) is 0.385. The molecule has 0 aliphatic carbocycles. The van der Waals surface area contributed by atoms with Gasteiger partial charge >= 0.3 is 5.97 Å². The molecular formula is C13H14N2O4. The van der Waals surface area contributed by atoms with Crippen molar-refractivity contribution in [1.82, 2.24) is 9.88 Å². The summed E-state index contributed by atoms with van der Waals surface area (Å²) in [5.41, 5.74) is 0.361. The molecule has 0 spiro atoms. The second kappa shape index (κ2) is 5.60. The van der Waals surface area contributed by atoms with E-state index in [9.17, 15) is 14.4 Å². The first-order chi connectivity index (χ1) is 9.17. The molecule has 19 heavy (non-hydrogen) atoms. The Labute approximate surface area is 110 Å². The van der Waals surface area contributed by atoms with Crippen LogP contribution in [0, 0.1) is 0 Å². The van der Waals surface area contributed by atoms with Crippen molar-refractivity contribution in [3.8, 4) is 0 Å². The third-order valence-electron chi connectivity index (χ3n) is 3.10. The van der Waals surface area contributed by atoms with E-state index in [4.69, 9.17) is 0 Å². The van der Waals surface area contributed by atoms with E-state index in [1.165, 1.54) is 24.1 Å². The minimum atomic E-state index is -0.556. The quantitative estimate of drug-likeness (QED) is 0.591. The van der Waals surface area contributed by atoms with Crippen LogP contribution in [-0.4, -0.2) is 47.7 Å². The highest BCUT2D eigenvalue weighted by Gasteiger charge is 2.35. The van der Waals surface area contributed by atoms with E-state index in [-0.39, 0.29) is 17.3 Å². The van der Waals surface area contributed by atoms with Crippen molar-refractivity contribution in [2.24, 2.45) is 0 Å². The lowest BCUT2D eigenvalue weighted by molar-refractivity contribution is -0.145. The number of pyridine rings is 1. The topological polar surface area (TPSA) is 76.6 Å². The van der Waals surface area contributed by atoms with Crippen LogP contribution in [0.5, 0.6) is 0 Å². The summed E-state index contributed by atoms with van der Waals surface area (Å²) < 4.78 is 4.69. The molecular weight excluding hydrogens is 248 g/mol. The molecule has 2 heterocycles. The number of carbonyl (C=O) groups excluding carboxylic acids is 3. The third-order valence-corrected chi connectivity index (χ3v) is 3.10. The molecule has 1 fully saturated rings. The molecule has 0 saturated carbocycles. The molecule has 1 aliphatic rings. The molecule has 1 aromatic heterocycles. The van der Waals surface area contributed by atoms with Gasteiger partial charge in [-0.1, -0.05) is 6.07 Å². The van der Waals surface area contributed by atoms with Gasteiger partial charge in [0.2, 0.25) is 0 Å². The summed E-state index contributed by atoms with van der Waals surface area (Å²) >= 11 is 0. The number of likely N-dealkylation sites (tertiary alicyclic amines) is 1. The van der Waals surface area contributed by atoms with Crippen molar-refractivity contribution in [1.29, 1.82) is 0 Å². The standard InChI is InChI=1S/C13H14N2O4/c1-19-13(18)11-6-3-7-15(11)12(17)10-5-2-4-9(8-16)14-10/h2,4-5,8,11H,3,6-7H2,1H3. The van der Waals surface area contributed by atoms with Crippen LogP contribution in [0.2, 0.25) is 0 Å². The van der Waals surface area contributed by atoms with E-state index in [1.54, 1.807) is 6.07 Å². The maximum atomic E-state index is 12.3. The van der Waals surface area contributed by atoms with Gasteiger partial charge in [0.1, 0.15) is 17.4 Å². The number of esters is 1. The Bertz CT molecular complexity index is 515. The lowest BCUT2D eigenvalue weighted by Crippen LogP contribution is -2.41. The van der Waals surface area contributed by atoms with Gasteiger partial charge in [-0.05, 0) is 25.0 Å². The van der Waals surface area contributed by atoms with Crippen LogP contribution in [0.15, 0.2) is 18.2 Å². The minimum Gasteiger partial charge on any atom is -0.467 e. The average molecular weight is 262 g/mol. The molecule has 1 atom stereocenters. The largest absolute Gasteiger partial charge is 0.467 e. The number of aldehydes is 1. The zero-order chi connectivity index (χ0) is 13.8. The van der Waals surface area contributed by atoms with E-state index in [0.29, 0.717) is 19.3 Å². The van der Waals surface area contributed by atoms with Crippen LogP contribution in [0.25, 0.3) is 0 Å². The van der Waals surface area contributed by atoms with Crippen molar-refractivity contribution < 1.29 is 19.1 Å². The van der Waals surface area contributed by atoms with Crippen molar-refractivity contribution in [2.75, 3.05) is 13.7 Å². The molecule has 2 rings (SSSR count). The molecule has 0 aromatic carbocycles. The molecule has 6 heteroatoms. The van der Waals surface area contributed by atoms with Gasteiger partial charge in [0.05, 0.1) is 7.11 Å². The molecule has 0 bridgehead atoms. The highest BCUT2D eigenvalue weighted by Crippen LogP contribution is 2.20. The van der Waals surface area contributed by atoms with E-state index in [0.717, 1.165) is 6.42 Å². The van der Waals surface area contributed by atoms with Gasteiger partial charge < -0.3 is 9.64 Å². The fourth-order valence-corrected chi connectivity index (χ4v) is 2.17. The number of nitrogens with zero attached hydrogens (tertiary/aromatic N) is 2. The molecule has 6 nitrogen and oxygen atoms in total. The first kappa shape index (κ1) is 13.2. The van der Waals surface area contributed by atoms with Crippen LogP contribution >= 0.6 is 0 Å². The number of carbonyl (C=O) groups is 3. The Morgan fingerprint density at radius 1 is 1.47 bits per heavy atom. The number of hydrogen-bond donors (Lipinski definition) is 0. The average Bonchev–Trinajstić information content (AvgIpc) is 2.95. The Hall–Kier alpha value is -2.24. The maximum Gasteiger partial charge on any atom is 0.328 e. The zero-order valence-corrected chi connectivity index (χ0v) is 10.5. The summed E-state index contributed by atoms with van der Waals surface area (Å²) in [6.07, 6.45) is 1.92. The molecule has 1 aliphatic heterocycles. The summed E-state index contributed by atoms with van der Waals surface area (Å²) in [5.74, 6) is -0.769. The summed E-state index contributed by atoms with van der Waals surface area (Å²) in [6.45, 7) is 0.492. The lowest BCUT2D eigenvalue weighted by Gasteiger charge is -2.22. The minimum absolute atomic E-state index is 0.167. The van der Waals surface area contributed by atoms with Crippen LogP contribution in [0.1, 0.15) is 33.8 Å². The Balaban J connectivity index is 2.22. The van der Waals surface area contributed by atoms with Gasteiger partial charge in [0.15, 0.2) is 6.29 Å². The van der Waals surface area contributed by atoms with E-state index >= 15 is 0 Å². The predicted octanol–water partition coefficient (Wildman–Crippen LogP) is 0.672. The summed E-state index contributed by atoms with van der Waals surface area (Å²) in [4.78, 5) is 39.9. The first-order valence-corrected chi connectivity index (χ1v) is 5.98. The number of amides is 1. The van der Waals surface area contributed by atoms with Crippen LogP contribution in [0.4, 0.5) is 0 Å². The first-order valence-electron chi connectivity index (χ1n) is 5.98. The number of aromatic nitrogens is 1. The van der Waals surface area contributed by atoms with Crippen LogP contribution in [-0.2, 0) is 9.53 Å². The van der Waals surface area contributed by atoms with Gasteiger partial charge in [0.25, 0.3) is 5.91 Å². The second-order valence-corrected chi connectivity index (χ2v) is 4.25. The van der Waals surface area contributed by atoms with E-state index < -0.39 is 12.0 Å². The monoisotopic (exact) mass is 262 g/mol. The van der Waals surface area contributed by atoms with E-state index in [1.807, 2.05) is 0 Å². The van der Waals surface area contributed by atoms with Gasteiger partial charge in [-0.15, -0.1) is 0 Å². The van der Waals surface area contributed by atoms with Gasteiger partial charge in [-0.25, -0.2) is 9.78 Å². The van der Waals surface area contributed by atoms with Crippen molar-refractivity contribution in [3.05, 3.63) is 29.6 Å². The second-order valence-electron chi connectivity index (χ2n) is 4.25. The smallest absolute Gasteiger partial charge is 0.328 e.